The predicted molar refractivity (Wildman–Crippen MR) is 73.2 cm³/mol. The van der Waals surface area contributed by atoms with Crippen molar-refractivity contribution in [1.29, 1.82) is 0 Å². The van der Waals surface area contributed by atoms with Gasteiger partial charge in [0.15, 0.2) is 0 Å². The van der Waals surface area contributed by atoms with Gasteiger partial charge in [-0.25, -0.2) is 4.39 Å². The van der Waals surface area contributed by atoms with E-state index in [0.29, 0.717) is 17.6 Å². The molecule has 1 aromatic rings. The predicted octanol–water partition coefficient (Wildman–Crippen LogP) is 3.85. The summed E-state index contributed by atoms with van der Waals surface area (Å²) in [7, 11) is 0. The number of benzene rings is 1. The van der Waals surface area contributed by atoms with E-state index in [1.807, 2.05) is 17.8 Å². The molecule has 1 N–H and O–H groups in total. The van der Waals surface area contributed by atoms with Gasteiger partial charge >= 0.3 is 0 Å². The molecule has 1 aliphatic rings. The summed E-state index contributed by atoms with van der Waals surface area (Å²) in [5.74, 6) is -0.261. The van der Waals surface area contributed by atoms with Crippen LogP contribution in [-0.4, -0.2) is 17.5 Å². The summed E-state index contributed by atoms with van der Waals surface area (Å²) in [6.45, 7) is 0.698. The minimum Gasteiger partial charge on any atom is -0.310 e. The molecule has 0 amide bonds. The van der Waals surface area contributed by atoms with Crippen molar-refractivity contribution in [3.8, 4) is 0 Å². The smallest absolute Gasteiger partial charge is 0.125 e. The van der Waals surface area contributed by atoms with Crippen LogP contribution in [0.25, 0.3) is 0 Å². The summed E-state index contributed by atoms with van der Waals surface area (Å²) >= 11 is 7.76. The van der Waals surface area contributed by atoms with E-state index in [2.05, 4.69) is 11.6 Å². The molecule has 0 spiro atoms. The molecule has 1 saturated carbocycles. The van der Waals surface area contributed by atoms with Gasteiger partial charge in [0, 0.05) is 22.9 Å². The maximum atomic E-state index is 13.1. The fourth-order valence-electron chi connectivity index (χ4n) is 2.31. The van der Waals surface area contributed by atoms with Gasteiger partial charge in [-0.05, 0) is 49.3 Å². The van der Waals surface area contributed by atoms with Crippen LogP contribution in [0.1, 0.15) is 24.8 Å². The van der Waals surface area contributed by atoms with E-state index in [1.54, 1.807) is 6.07 Å². The molecule has 1 nitrogen and oxygen atoms in total. The van der Waals surface area contributed by atoms with Crippen LogP contribution in [0.5, 0.6) is 0 Å². The number of nitrogens with one attached hydrogen (secondary N) is 1. The molecule has 1 aliphatic carbocycles. The first-order valence-electron chi connectivity index (χ1n) is 5.88. The third-order valence-corrected chi connectivity index (χ3v) is 4.55. The van der Waals surface area contributed by atoms with E-state index in [9.17, 15) is 4.39 Å². The van der Waals surface area contributed by atoms with Gasteiger partial charge in [-0.1, -0.05) is 11.6 Å². The van der Waals surface area contributed by atoms with Crippen LogP contribution in [0.15, 0.2) is 18.2 Å². The average molecular weight is 274 g/mol. The topological polar surface area (TPSA) is 12.0 Å². The fourth-order valence-corrected chi connectivity index (χ4v) is 3.36. The van der Waals surface area contributed by atoms with Gasteiger partial charge < -0.3 is 5.32 Å². The van der Waals surface area contributed by atoms with Gasteiger partial charge in [0.25, 0.3) is 0 Å². The van der Waals surface area contributed by atoms with Gasteiger partial charge in [0.1, 0.15) is 5.82 Å². The third kappa shape index (κ3) is 3.87. The minimum atomic E-state index is -0.261. The number of thioether (sulfide) groups is 1. The van der Waals surface area contributed by atoms with Crippen LogP contribution < -0.4 is 5.32 Å². The van der Waals surface area contributed by atoms with E-state index in [-0.39, 0.29) is 5.82 Å². The minimum absolute atomic E-state index is 0.261. The first-order valence-corrected chi connectivity index (χ1v) is 7.55. The fraction of sp³-hybridized carbons (Fsp3) is 0.538. The van der Waals surface area contributed by atoms with Gasteiger partial charge in [0.05, 0.1) is 0 Å². The zero-order valence-electron chi connectivity index (χ0n) is 9.88. The van der Waals surface area contributed by atoms with Crippen LogP contribution in [0, 0.1) is 5.82 Å². The zero-order valence-corrected chi connectivity index (χ0v) is 11.5. The second-order valence-electron chi connectivity index (χ2n) is 4.53. The van der Waals surface area contributed by atoms with Crippen molar-refractivity contribution in [2.24, 2.45) is 0 Å². The Labute approximate surface area is 111 Å². The SMILES string of the molecule is CSC1CCC(NCc2cc(F)cc(Cl)c2)C1. The molecule has 2 unspecified atom stereocenters. The second kappa shape index (κ2) is 6.07. The highest BCUT2D eigenvalue weighted by Gasteiger charge is 2.23. The van der Waals surface area contributed by atoms with E-state index >= 15 is 0 Å². The van der Waals surface area contributed by atoms with Gasteiger partial charge in [-0.15, -0.1) is 0 Å². The van der Waals surface area contributed by atoms with Gasteiger partial charge in [-0.3, -0.25) is 0 Å². The lowest BCUT2D eigenvalue weighted by atomic mass is 10.2. The van der Waals surface area contributed by atoms with Crippen molar-refractivity contribution in [2.45, 2.75) is 37.1 Å². The van der Waals surface area contributed by atoms with Crippen LogP contribution in [0.4, 0.5) is 4.39 Å². The Morgan fingerprint density at radius 1 is 1.41 bits per heavy atom. The Morgan fingerprint density at radius 2 is 2.24 bits per heavy atom. The molecule has 4 heteroatoms. The van der Waals surface area contributed by atoms with Crippen molar-refractivity contribution in [1.82, 2.24) is 5.32 Å². The third-order valence-electron chi connectivity index (χ3n) is 3.24. The van der Waals surface area contributed by atoms with Crippen molar-refractivity contribution in [3.63, 3.8) is 0 Å². The molecule has 0 bridgehead atoms. The molecule has 2 atom stereocenters. The summed E-state index contributed by atoms with van der Waals surface area (Å²) < 4.78 is 13.1. The maximum Gasteiger partial charge on any atom is 0.125 e. The first-order chi connectivity index (χ1) is 8.17. The lowest BCUT2D eigenvalue weighted by molar-refractivity contribution is 0.523. The number of hydrogen-bond donors (Lipinski definition) is 1. The monoisotopic (exact) mass is 273 g/mol. The Morgan fingerprint density at radius 3 is 2.88 bits per heavy atom. The molecule has 17 heavy (non-hydrogen) atoms. The van der Waals surface area contributed by atoms with E-state index in [4.69, 9.17) is 11.6 Å². The Kier molecular flexibility index (Phi) is 4.71. The van der Waals surface area contributed by atoms with Crippen molar-refractivity contribution >= 4 is 23.4 Å². The Hall–Kier alpha value is -0.250. The molecule has 0 radical (unpaired) electrons. The van der Waals surface area contributed by atoms with E-state index in [1.165, 1.54) is 25.3 Å². The molecular formula is C13H17ClFNS. The molecule has 0 heterocycles. The summed E-state index contributed by atoms with van der Waals surface area (Å²) in [5, 5.41) is 4.73. The quantitative estimate of drug-likeness (QED) is 0.894. The van der Waals surface area contributed by atoms with E-state index < -0.39 is 0 Å². The van der Waals surface area contributed by atoms with Crippen LogP contribution >= 0.6 is 23.4 Å². The van der Waals surface area contributed by atoms with Crippen molar-refractivity contribution in [3.05, 3.63) is 34.6 Å². The molecule has 1 fully saturated rings. The lowest BCUT2D eigenvalue weighted by Crippen LogP contribution is -2.26. The highest BCUT2D eigenvalue weighted by Crippen LogP contribution is 2.28. The molecule has 2 rings (SSSR count). The van der Waals surface area contributed by atoms with Crippen LogP contribution in [0.2, 0.25) is 5.02 Å². The Balaban J connectivity index is 1.85. The first kappa shape index (κ1) is 13.2. The average Bonchev–Trinajstić information content (AvgIpc) is 2.73. The summed E-state index contributed by atoms with van der Waals surface area (Å²) in [6.07, 6.45) is 5.88. The largest absolute Gasteiger partial charge is 0.310 e. The van der Waals surface area contributed by atoms with Gasteiger partial charge in [-0.2, -0.15) is 11.8 Å². The van der Waals surface area contributed by atoms with Gasteiger partial charge in [0.2, 0.25) is 0 Å². The zero-order chi connectivity index (χ0) is 12.3. The number of hydrogen-bond acceptors (Lipinski definition) is 2. The molecule has 0 aromatic heterocycles. The summed E-state index contributed by atoms with van der Waals surface area (Å²) in [5.41, 5.74) is 0.919. The maximum absolute atomic E-state index is 13.1. The Bertz CT molecular complexity index is 365. The molecule has 0 saturated heterocycles. The lowest BCUT2D eigenvalue weighted by Gasteiger charge is -2.13. The normalized spacial score (nSPS) is 24.2. The molecular weight excluding hydrogens is 257 g/mol. The van der Waals surface area contributed by atoms with Crippen molar-refractivity contribution in [2.75, 3.05) is 6.26 Å². The molecule has 0 aliphatic heterocycles. The molecule has 94 valence electrons. The van der Waals surface area contributed by atoms with Crippen LogP contribution in [0.3, 0.4) is 0 Å². The summed E-state index contributed by atoms with van der Waals surface area (Å²) in [4.78, 5) is 0. The van der Waals surface area contributed by atoms with Crippen LogP contribution in [-0.2, 0) is 6.54 Å². The summed E-state index contributed by atoms with van der Waals surface area (Å²) in [6, 6.07) is 5.26. The van der Waals surface area contributed by atoms with E-state index in [0.717, 1.165) is 10.8 Å². The second-order valence-corrected chi connectivity index (χ2v) is 6.10. The number of rotatable bonds is 4. The molecule has 1 aromatic carbocycles. The highest BCUT2D eigenvalue weighted by atomic mass is 35.5. The standard InChI is InChI=1S/C13H17ClFNS/c1-17-13-3-2-12(7-13)16-8-9-4-10(14)6-11(15)5-9/h4-6,12-13,16H,2-3,7-8H2,1H3. The number of halogens is 2. The highest BCUT2D eigenvalue weighted by molar-refractivity contribution is 7.99. The van der Waals surface area contributed by atoms with Crippen molar-refractivity contribution < 1.29 is 4.39 Å².